The summed E-state index contributed by atoms with van der Waals surface area (Å²) in [6.45, 7) is 0. The number of aromatic nitrogens is 2. The number of hydrogen-bond acceptors (Lipinski definition) is 5. The first kappa shape index (κ1) is 16.2. The largest absolute Gasteiger partial charge is 0.399 e. The molecular weight excluding hydrogens is 410 g/mol. The van der Waals surface area contributed by atoms with E-state index >= 15 is 0 Å². The van der Waals surface area contributed by atoms with Crippen LogP contribution in [-0.4, -0.2) is 18.4 Å². The van der Waals surface area contributed by atoms with Crippen molar-refractivity contribution in [2.45, 2.75) is 4.90 Å². The predicted molar refractivity (Wildman–Crippen MR) is 81.4 cm³/mol. The zero-order valence-corrected chi connectivity index (χ0v) is 13.9. The first-order valence-electron chi connectivity index (χ1n) is 5.15. The normalized spacial score (nSPS) is 11.4. The lowest BCUT2D eigenvalue weighted by Gasteiger charge is -2.11. The summed E-state index contributed by atoms with van der Waals surface area (Å²) in [5.74, 6) is -0.999. The third-order valence-corrected chi connectivity index (χ3v) is 4.80. The molecule has 0 radical (unpaired) electrons. The molecule has 11 heteroatoms. The van der Waals surface area contributed by atoms with Crippen LogP contribution in [0.2, 0.25) is 10.3 Å². The van der Waals surface area contributed by atoms with Crippen molar-refractivity contribution in [3.63, 3.8) is 0 Å². The summed E-state index contributed by atoms with van der Waals surface area (Å²) in [7, 11) is -4.32. The number of hydrogen-bond donors (Lipinski definition) is 2. The van der Waals surface area contributed by atoms with Gasteiger partial charge in [-0.25, -0.2) is 22.8 Å². The van der Waals surface area contributed by atoms with Crippen LogP contribution < -0.4 is 10.5 Å². The summed E-state index contributed by atoms with van der Waals surface area (Å²) in [6, 6.07) is 2.20. The smallest absolute Gasteiger partial charge is 0.265 e. The molecule has 0 unspecified atom stereocenters. The predicted octanol–water partition coefficient (Wildman–Crippen LogP) is 3.07. The number of nitrogens with two attached hydrogens (primary N) is 1. The maximum atomic E-state index is 14.0. The second kappa shape index (κ2) is 5.91. The lowest BCUT2D eigenvalue weighted by Crippen LogP contribution is -2.16. The third kappa shape index (κ3) is 3.37. The Bertz CT molecular complexity index is 799. The van der Waals surface area contributed by atoms with Gasteiger partial charge in [-0.15, -0.1) is 0 Å². The summed E-state index contributed by atoms with van der Waals surface area (Å²) < 4.78 is 40.4. The first-order chi connectivity index (χ1) is 9.72. The highest BCUT2D eigenvalue weighted by Crippen LogP contribution is 2.31. The van der Waals surface area contributed by atoms with Crippen molar-refractivity contribution in [2.24, 2.45) is 0 Å². The molecule has 21 heavy (non-hydrogen) atoms. The van der Waals surface area contributed by atoms with E-state index in [-0.39, 0.29) is 26.2 Å². The molecule has 3 N–H and O–H groups in total. The van der Waals surface area contributed by atoms with E-state index in [4.69, 9.17) is 28.9 Å². The fraction of sp³-hybridized carbons (Fsp3) is 0. The van der Waals surface area contributed by atoms with Gasteiger partial charge in [0.1, 0.15) is 16.9 Å². The number of nitrogens with zero attached hydrogens (tertiary/aromatic N) is 2. The Morgan fingerprint density at radius 3 is 2.38 bits per heavy atom. The maximum Gasteiger partial charge on any atom is 0.265 e. The van der Waals surface area contributed by atoms with Gasteiger partial charge in [0.15, 0.2) is 16.1 Å². The number of nitrogens with one attached hydrogen (secondary N) is 1. The molecule has 1 aromatic carbocycles. The summed E-state index contributed by atoms with van der Waals surface area (Å²) in [4.78, 5) is 6.52. The van der Waals surface area contributed by atoms with Crippen LogP contribution in [0.3, 0.4) is 0 Å². The van der Waals surface area contributed by atoms with Gasteiger partial charge in [0, 0.05) is 5.69 Å². The molecule has 2 rings (SSSR count). The molecule has 0 fully saturated rings. The van der Waals surface area contributed by atoms with Crippen LogP contribution in [0.4, 0.5) is 15.8 Å². The molecule has 2 aromatic rings. The lowest BCUT2D eigenvalue weighted by atomic mass is 10.3. The molecule has 0 aliphatic heterocycles. The zero-order chi connectivity index (χ0) is 15.8. The van der Waals surface area contributed by atoms with Gasteiger partial charge in [-0.2, -0.15) is 0 Å². The monoisotopic (exact) mass is 414 g/mol. The summed E-state index contributed by atoms with van der Waals surface area (Å²) in [6.07, 6.45) is 1.06. The van der Waals surface area contributed by atoms with Crippen molar-refractivity contribution in [1.82, 2.24) is 9.97 Å². The van der Waals surface area contributed by atoms with E-state index < -0.39 is 20.7 Å². The fourth-order valence-electron chi connectivity index (χ4n) is 1.40. The topological polar surface area (TPSA) is 98.0 Å². The van der Waals surface area contributed by atoms with Crippen LogP contribution in [0.15, 0.2) is 27.8 Å². The molecule has 112 valence electrons. The highest BCUT2D eigenvalue weighted by Gasteiger charge is 2.24. The molecule has 1 aromatic heterocycles. The van der Waals surface area contributed by atoms with Gasteiger partial charge in [0.05, 0.1) is 4.47 Å². The van der Waals surface area contributed by atoms with Crippen LogP contribution >= 0.6 is 39.1 Å². The van der Waals surface area contributed by atoms with E-state index in [1.165, 1.54) is 6.07 Å². The number of anilines is 2. The minimum atomic E-state index is -4.32. The number of sulfonamides is 1. The van der Waals surface area contributed by atoms with Crippen LogP contribution in [0.1, 0.15) is 0 Å². The van der Waals surface area contributed by atoms with E-state index in [0.717, 1.165) is 12.4 Å². The Morgan fingerprint density at radius 1 is 1.24 bits per heavy atom. The van der Waals surface area contributed by atoms with E-state index in [1.54, 1.807) is 0 Å². The van der Waals surface area contributed by atoms with Gasteiger partial charge in [-0.05, 0) is 28.1 Å². The molecular formula is C10H6BrCl2FN4O2S. The third-order valence-electron chi connectivity index (χ3n) is 2.30. The van der Waals surface area contributed by atoms with Crippen LogP contribution in [-0.2, 0) is 10.0 Å². The molecule has 0 saturated carbocycles. The minimum Gasteiger partial charge on any atom is -0.399 e. The van der Waals surface area contributed by atoms with Crippen molar-refractivity contribution >= 4 is 60.5 Å². The Kier molecular flexibility index (Phi) is 4.57. The second-order valence-corrected chi connectivity index (χ2v) is 6.97. The van der Waals surface area contributed by atoms with Crippen molar-refractivity contribution in [3.05, 3.63) is 39.1 Å². The van der Waals surface area contributed by atoms with E-state index in [2.05, 4.69) is 25.9 Å². The van der Waals surface area contributed by atoms with Gasteiger partial charge in [-0.1, -0.05) is 23.2 Å². The average Bonchev–Trinajstić information content (AvgIpc) is 2.38. The number of nitrogen functional groups attached to an aromatic ring is 1. The molecule has 0 aliphatic carbocycles. The molecule has 0 atom stereocenters. The highest BCUT2D eigenvalue weighted by molar-refractivity contribution is 9.10. The quantitative estimate of drug-likeness (QED) is 0.592. The summed E-state index contributed by atoms with van der Waals surface area (Å²) >= 11 is 14.4. The minimum absolute atomic E-state index is 0.0603. The van der Waals surface area contributed by atoms with Crippen molar-refractivity contribution < 1.29 is 12.8 Å². The van der Waals surface area contributed by atoms with Gasteiger partial charge < -0.3 is 5.73 Å². The Morgan fingerprint density at radius 2 is 1.81 bits per heavy atom. The summed E-state index contributed by atoms with van der Waals surface area (Å²) in [5.41, 5.74) is 5.32. The number of rotatable bonds is 3. The molecule has 0 saturated heterocycles. The van der Waals surface area contributed by atoms with Gasteiger partial charge in [-0.3, -0.25) is 4.72 Å². The van der Waals surface area contributed by atoms with E-state index in [9.17, 15) is 12.8 Å². The van der Waals surface area contributed by atoms with Crippen LogP contribution in [0.25, 0.3) is 0 Å². The summed E-state index contributed by atoms with van der Waals surface area (Å²) in [5, 5.41) is -0.441. The fourth-order valence-corrected chi connectivity index (χ4v) is 3.74. The second-order valence-electron chi connectivity index (χ2n) is 3.75. The zero-order valence-electron chi connectivity index (χ0n) is 9.94. The van der Waals surface area contributed by atoms with Crippen LogP contribution in [0, 0.1) is 5.82 Å². The Hall–Kier alpha value is -1.16. The van der Waals surface area contributed by atoms with Crippen LogP contribution in [0.5, 0.6) is 0 Å². The Labute approximate surface area is 137 Å². The van der Waals surface area contributed by atoms with Crippen molar-refractivity contribution in [2.75, 3.05) is 10.5 Å². The van der Waals surface area contributed by atoms with E-state index in [1.807, 2.05) is 4.72 Å². The molecule has 0 aliphatic rings. The van der Waals surface area contributed by atoms with Gasteiger partial charge >= 0.3 is 0 Å². The van der Waals surface area contributed by atoms with Crippen molar-refractivity contribution in [1.29, 1.82) is 0 Å². The molecule has 0 bridgehead atoms. The first-order valence-corrected chi connectivity index (χ1v) is 8.19. The Balaban J connectivity index is 2.54. The van der Waals surface area contributed by atoms with Gasteiger partial charge in [0.25, 0.3) is 10.0 Å². The molecule has 6 nitrogen and oxygen atoms in total. The SMILES string of the molecule is Nc1cc(Br)c(F)c(S(=O)(=O)Nc2c(Cl)ncnc2Cl)c1. The average molecular weight is 416 g/mol. The van der Waals surface area contributed by atoms with Gasteiger partial charge in [0.2, 0.25) is 0 Å². The molecule has 0 spiro atoms. The maximum absolute atomic E-state index is 14.0. The standard InChI is InChI=1S/C10H6BrCl2FN4O2S/c11-5-1-4(15)2-6(7(5)14)21(19,20)18-8-9(12)16-3-17-10(8)13/h1-3,18H,15H2. The highest BCUT2D eigenvalue weighted by atomic mass is 79.9. The lowest BCUT2D eigenvalue weighted by molar-refractivity contribution is 0.567. The number of halogens is 4. The van der Waals surface area contributed by atoms with Crippen molar-refractivity contribution in [3.8, 4) is 0 Å². The molecule has 0 amide bonds. The molecule has 1 heterocycles. The number of benzene rings is 1. The van der Waals surface area contributed by atoms with E-state index in [0.29, 0.717) is 0 Å².